The number of hydrogen-bond acceptors (Lipinski definition) is 2. The van der Waals surface area contributed by atoms with Crippen molar-refractivity contribution in [3.8, 4) is 5.75 Å². The predicted octanol–water partition coefficient (Wildman–Crippen LogP) is 5.94. The van der Waals surface area contributed by atoms with Gasteiger partial charge in [-0.15, -0.1) is 0 Å². The average molecular weight is 291 g/mol. The molecule has 0 saturated carbocycles. The smallest absolute Gasteiger partial charge is 0.141 e. The third-order valence-corrected chi connectivity index (χ3v) is 4.03. The van der Waals surface area contributed by atoms with Crippen LogP contribution in [0.2, 0.25) is 0 Å². The maximum absolute atomic E-state index is 5.49. The van der Waals surface area contributed by atoms with Crippen molar-refractivity contribution in [2.75, 3.05) is 12.4 Å². The van der Waals surface area contributed by atoms with E-state index in [2.05, 4.69) is 44.3 Å². The van der Waals surface area contributed by atoms with Gasteiger partial charge in [0.25, 0.3) is 0 Å². The maximum Gasteiger partial charge on any atom is 0.141 e. The summed E-state index contributed by atoms with van der Waals surface area (Å²) in [4.78, 5) is 0. The van der Waals surface area contributed by atoms with Crippen molar-refractivity contribution < 1.29 is 4.74 Å². The largest absolute Gasteiger partial charge is 0.495 e. The van der Waals surface area contributed by atoms with E-state index in [9.17, 15) is 0 Å². The van der Waals surface area contributed by atoms with E-state index in [4.69, 9.17) is 4.74 Å². The Morgan fingerprint density at radius 2 is 1.62 bits per heavy atom. The first kappa shape index (κ1) is 17.9. The van der Waals surface area contributed by atoms with Crippen LogP contribution in [0.3, 0.4) is 0 Å². The lowest BCUT2D eigenvalue weighted by molar-refractivity contribution is 0.415. The van der Waals surface area contributed by atoms with Crippen molar-refractivity contribution in [2.24, 2.45) is 0 Å². The number of nitrogens with one attached hydrogen (secondary N) is 1. The minimum atomic E-state index is 0.568. The molecule has 21 heavy (non-hydrogen) atoms. The van der Waals surface area contributed by atoms with E-state index >= 15 is 0 Å². The highest BCUT2D eigenvalue weighted by atomic mass is 16.5. The predicted molar refractivity (Wildman–Crippen MR) is 93.4 cm³/mol. The molecule has 0 aliphatic carbocycles. The van der Waals surface area contributed by atoms with Crippen LogP contribution in [0.5, 0.6) is 5.75 Å². The van der Waals surface area contributed by atoms with Gasteiger partial charge in [-0.25, -0.2) is 0 Å². The normalized spacial score (nSPS) is 10.9. The number of benzene rings is 1. The molecule has 0 aliphatic heterocycles. The molecule has 1 aromatic carbocycles. The molecule has 120 valence electrons. The number of hydrogen-bond donors (Lipinski definition) is 1. The van der Waals surface area contributed by atoms with Crippen LogP contribution >= 0.6 is 0 Å². The second-order valence-electron chi connectivity index (χ2n) is 6.04. The number of aryl methyl sites for hydroxylation is 1. The van der Waals surface area contributed by atoms with Crippen molar-refractivity contribution in [1.82, 2.24) is 0 Å². The molecule has 0 amide bonds. The van der Waals surface area contributed by atoms with Crippen molar-refractivity contribution >= 4 is 5.69 Å². The zero-order chi connectivity index (χ0) is 15.5. The van der Waals surface area contributed by atoms with Crippen molar-refractivity contribution in [1.29, 1.82) is 0 Å². The standard InChI is InChI=1S/C19H33NO/c1-5-7-9-11-17(12-10-8-6-2)20-18-15-16(3)13-14-19(18)21-4/h13-15,17,20H,5-12H2,1-4H3. The molecule has 0 aliphatic rings. The highest BCUT2D eigenvalue weighted by molar-refractivity contribution is 5.58. The lowest BCUT2D eigenvalue weighted by atomic mass is 10.0. The van der Waals surface area contributed by atoms with Gasteiger partial charge in [0.15, 0.2) is 0 Å². The molecule has 1 N–H and O–H groups in total. The quantitative estimate of drug-likeness (QED) is 0.509. The number of methoxy groups -OCH3 is 1. The summed E-state index contributed by atoms with van der Waals surface area (Å²) in [5.41, 5.74) is 2.43. The molecule has 0 unspecified atom stereocenters. The molecular weight excluding hydrogens is 258 g/mol. The van der Waals surface area contributed by atoms with Crippen LogP contribution < -0.4 is 10.1 Å². The summed E-state index contributed by atoms with van der Waals surface area (Å²) >= 11 is 0. The summed E-state index contributed by atoms with van der Waals surface area (Å²) in [6, 6.07) is 6.93. The molecule has 2 nitrogen and oxygen atoms in total. The molecule has 2 heteroatoms. The summed E-state index contributed by atoms with van der Waals surface area (Å²) < 4.78 is 5.49. The fourth-order valence-electron chi connectivity index (χ4n) is 2.72. The first-order chi connectivity index (χ1) is 10.2. The molecule has 1 rings (SSSR count). The van der Waals surface area contributed by atoms with Crippen molar-refractivity contribution in [3.05, 3.63) is 23.8 Å². The van der Waals surface area contributed by atoms with Gasteiger partial charge in [-0.1, -0.05) is 58.4 Å². The highest BCUT2D eigenvalue weighted by Crippen LogP contribution is 2.27. The molecule has 1 aromatic rings. The Morgan fingerprint density at radius 3 is 2.14 bits per heavy atom. The Balaban J connectivity index is 2.66. The second kappa shape index (κ2) is 10.5. The zero-order valence-corrected chi connectivity index (χ0v) is 14.4. The van der Waals surface area contributed by atoms with Gasteiger partial charge in [0.2, 0.25) is 0 Å². The summed E-state index contributed by atoms with van der Waals surface area (Å²) in [7, 11) is 1.75. The zero-order valence-electron chi connectivity index (χ0n) is 14.4. The van der Waals surface area contributed by atoms with E-state index in [0.29, 0.717) is 6.04 Å². The highest BCUT2D eigenvalue weighted by Gasteiger charge is 2.11. The van der Waals surface area contributed by atoms with E-state index < -0.39 is 0 Å². The minimum absolute atomic E-state index is 0.568. The second-order valence-corrected chi connectivity index (χ2v) is 6.04. The molecule has 0 bridgehead atoms. The Bertz CT molecular complexity index is 379. The SMILES string of the molecule is CCCCCC(CCCCC)Nc1cc(C)ccc1OC. The summed E-state index contributed by atoms with van der Waals surface area (Å²) in [5, 5.41) is 3.73. The topological polar surface area (TPSA) is 21.3 Å². The number of rotatable bonds is 11. The molecule has 0 aromatic heterocycles. The Hall–Kier alpha value is -1.18. The third kappa shape index (κ3) is 6.88. The third-order valence-electron chi connectivity index (χ3n) is 4.03. The van der Waals surface area contributed by atoms with Gasteiger partial charge < -0.3 is 10.1 Å². The number of ether oxygens (including phenoxy) is 1. The van der Waals surface area contributed by atoms with E-state index in [1.165, 1.54) is 56.9 Å². The van der Waals surface area contributed by atoms with E-state index in [1.54, 1.807) is 7.11 Å². The molecule has 0 spiro atoms. The number of unbranched alkanes of at least 4 members (excludes halogenated alkanes) is 4. The fraction of sp³-hybridized carbons (Fsp3) is 0.684. The Kier molecular flexibility index (Phi) is 8.96. The molecule has 0 radical (unpaired) electrons. The Labute approximate surface area is 131 Å². The first-order valence-corrected chi connectivity index (χ1v) is 8.62. The fourth-order valence-corrected chi connectivity index (χ4v) is 2.72. The minimum Gasteiger partial charge on any atom is -0.495 e. The molecular formula is C19H33NO. The summed E-state index contributed by atoms with van der Waals surface area (Å²) in [6.45, 7) is 6.67. The van der Waals surface area contributed by atoms with Crippen LogP contribution in [0.15, 0.2) is 18.2 Å². The number of anilines is 1. The van der Waals surface area contributed by atoms with Gasteiger partial charge in [0.05, 0.1) is 12.8 Å². The van der Waals surface area contributed by atoms with E-state index in [-0.39, 0.29) is 0 Å². The van der Waals surface area contributed by atoms with Crippen LogP contribution in [0.4, 0.5) is 5.69 Å². The van der Waals surface area contributed by atoms with Gasteiger partial charge in [-0.05, 0) is 37.5 Å². The van der Waals surface area contributed by atoms with Crippen LogP contribution in [0, 0.1) is 6.92 Å². The van der Waals surface area contributed by atoms with Crippen molar-refractivity contribution in [3.63, 3.8) is 0 Å². The Morgan fingerprint density at radius 1 is 1.00 bits per heavy atom. The lowest BCUT2D eigenvalue weighted by Gasteiger charge is -2.22. The first-order valence-electron chi connectivity index (χ1n) is 8.62. The van der Waals surface area contributed by atoms with Gasteiger partial charge in [0.1, 0.15) is 5.75 Å². The van der Waals surface area contributed by atoms with Gasteiger partial charge in [-0.2, -0.15) is 0 Å². The summed E-state index contributed by atoms with van der Waals surface area (Å²) in [5.74, 6) is 0.955. The van der Waals surface area contributed by atoms with E-state index in [0.717, 1.165) is 11.4 Å². The molecule has 0 saturated heterocycles. The van der Waals surface area contributed by atoms with E-state index in [1.807, 2.05) is 0 Å². The monoisotopic (exact) mass is 291 g/mol. The maximum atomic E-state index is 5.49. The van der Waals surface area contributed by atoms with Crippen LogP contribution in [-0.2, 0) is 0 Å². The van der Waals surface area contributed by atoms with Gasteiger partial charge in [0, 0.05) is 6.04 Å². The van der Waals surface area contributed by atoms with Crippen LogP contribution in [0.25, 0.3) is 0 Å². The summed E-state index contributed by atoms with van der Waals surface area (Å²) in [6.07, 6.45) is 10.4. The average Bonchev–Trinajstić information content (AvgIpc) is 2.48. The van der Waals surface area contributed by atoms with Crippen LogP contribution in [0.1, 0.15) is 70.8 Å². The van der Waals surface area contributed by atoms with Gasteiger partial charge >= 0.3 is 0 Å². The van der Waals surface area contributed by atoms with Crippen LogP contribution in [-0.4, -0.2) is 13.2 Å². The molecule has 0 atom stereocenters. The van der Waals surface area contributed by atoms with Crippen molar-refractivity contribution in [2.45, 2.75) is 78.2 Å². The lowest BCUT2D eigenvalue weighted by Crippen LogP contribution is -2.20. The molecule has 0 fully saturated rings. The molecule has 0 heterocycles. The van der Waals surface area contributed by atoms with Gasteiger partial charge in [-0.3, -0.25) is 0 Å².